The van der Waals surface area contributed by atoms with Crippen molar-refractivity contribution in [3.8, 4) is 10.7 Å². The molecule has 6 nitrogen and oxygen atoms in total. The van der Waals surface area contributed by atoms with Gasteiger partial charge in [-0.3, -0.25) is 0 Å². The molecule has 0 radical (unpaired) electrons. The van der Waals surface area contributed by atoms with E-state index >= 15 is 0 Å². The summed E-state index contributed by atoms with van der Waals surface area (Å²) < 4.78 is 0. The molecule has 2 aromatic rings. The zero-order valence-corrected chi connectivity index (χ0v) is 13.6. The van der Waals surface area contributed by atoms with Crippen LogP contribution in [0.4, 0.5) is 4.79 Å². The number of rotatable bonds is 1. The zero-order chi connectivity index (χ0) is 15.9. The monoisotopic (exact) mass is 318 g/mol. The molecular weight excluding hydrogens is 300 g/mol. The number of carbonyl (C=O) groups is 1. The first-order valence-corrected chi connectivity index (χ1v) is 8.02. The van der Waals surface area contributed by atoms with Crippen LogP contribution in [0.5, 0.6) is 0 Å². The van der Waals surface area contributed by atoms with Crippen LogP contribution in [0.3, 0.4) is 0 Å². The van der Waals surface area contributed by atoms with Gasteiger partial charge in [0.1, 0.15) is 16.5 Å². The molecule has 22 heavy (non-hydrogen) atoms. The van der Waals surface area contributed by atoms with E-state index in [4.69, 9.17) is 4.98 Å². The van der Waals surface area contributed by atoms with E-state index in [2.05, 4.69) is 30.7 Å². The van der Waals surface area contributed by atoms with Crippen LogP contribution < -0.4 is 0 Å². The standard InChI is InChI=1S/C15H18N4O2S/c1-15(2,3)13-17-10-8-19(14(20)21)6-4-9(10)11(18-13)12-16-5-7-22-12/h5,7H,4,6,8H2,1-3H3,(H,20,21). The van der Waals surface area contributed by atoms with Gasteiger partial charge in [0.05, 0.1) is 12.2 Å². The first-order chi connectivity index (χ1) is 10.4. The highest BCUT2D eigenvalue weighted by atomic mass is 32.1. The Balaban J connectivity index is 2.15. The summed E-state index contributed by atoms with van der Waals surface area (Å²) in [6.45, 7) is 6.95. The molecule has 3 heterocycles. The van der Waals surface area contributed by atoms with Crippen molar-refractivity contribution in [2.24, 2.45) is 0 Å². The second-order valence-corrected chi connectivity index (χ2v) is 7.26. The summed E-state index contributed by atoms with van der Waals surface area (Å²) in [4.78, 5) is 26.4. The first-order valence-electron chi connectivity index (χ1n) is 7.14. The average molecular weight is 318 g/mol. The van der Waals surface area contributed by atoms with Crippen LogP contribution in [-0.2, 0) is 18.4 Å². The fraction of sp³-hybridized carbons (Fsp3) is 0.467. The minimum absolute atomic E-state index is 0.202. The molecule has 0 saturated carbocycles. The molecule has 0 fully saturated rings. The third-order valence-corrected chi connectivity index (χ3v) is 4.42. The highest BCUT2D eigenvalue weighted by molar-refractivity contribution is 7.13. The quantitative estimate of drug-likeness (QED) is 0.874. The van der Waals surface area contributed by atoms with Gasteiger partial charge in [-0.15, -0.1) is 11.3 Å². The normalized spacial score (nSPS) is 14.8. The fourth-order valence-electron chi connectivity index (χ4n) is 2.45. The lowest BCUT2D eigenvalue weighted by atomic mass is 9.94. The van der Waals surface area contributed by atoms with E-state index in [1.807, 2.05) is 5.38 Å². The third-order valence-electron chi connectivity index (χ3n) is 3.64. The van der Waals surface area contributed by atoms with Crippen LogP contribution in [0, 0.1) is 0 Å². The minimum Gasteiger partial charge on any atom is -0.465 e. The number of nitrogens with zero attached hydrogens (tertiary/aromatic N) is 4. The van der Waals surface area contributed by atoms with Crippen LogP contribution in [0.2, 0.25) is 0 Å². The molecule has 0 bridgehead atoms. The van der Waals surface area contributed by atoms with Crippen molar-refractivity contribution in [3.05, 3.63) is 28.7 Å². The highest BCUT2D eigenvalue weighted by Gasteiger charge is 2.28. The lowest BCUT2D eigenvalue weighted by Gasteiger charge is -2.28. The predicted molar refractivity (Wildman–Crippen MR) is 84.0 cm³/mol. The van der Waals surface area contributed by atoms with E-state index < -0.39 is 6.09 Å². The summed E-state index contributed by atoms with van der Waals surface area (Å²) in [6.07, 6.45) is 1.48. The Labute approximate surface area is 132 Å². The zero-order valence-electron chi connectivity index (χ0n) is 12.8. The van der Waals surface area contributed by atoms with Crippen molar-refractivity contribution in [1.29, 1.82) is 0 Å². The Morgan fingerprint density at radius 3 is 2.73 bits per heavy atom. The topological polar surface area (TPSA) is 79.2 Å². The number of thiazole rings is 1. The molecular formula is C15H18N4O2S. The lowest BCUT2D eigenvalue weighted by molar-refractivity contribution is 0.139. The molecule has 0 spiro atoms. The number of hydrogen-bond donors (Lipinski definition) is 1. The van der Waals surface area contributed by atoms with Gasteiger partial charge in [-0.2, -0.15) is 0 Å². The van der Waals surface area contributed by atoms with Crippen LogP contribution in [0.1, 0.15) is 37.9 Å². The maximum Gasteiger partial charge on any atom is 0.407 e. The molecule has 116 valence electrons. The molecule has 1 amide bonds. The number of amides is 1. The second kappa shape index (κ2) is 5.31. The predicted octanol–water partition coefficient (Wildman–Crippen LogP) is 2.93. The Morgan fingerprint density at radius 1 is 1.36 bits per heavy atom. The fourth-order valence-corrected chi connectivity index (χ4v) is 3.10. The van der Waals surface area contributed by atoms with Crippen LogP contribution in [0.25, 0.3) is 10.7 Å². The van der Waals surface area contributed by atoms with E-state index in [-0.39, 0.29) is 5.41 Å². The third kappa shape index (κ3) is 2.68. The number of carboxylic acid groups (broad SMARTS) is 1. The molecule has 0 aliphatic carbocycles. The van der Waals surface area contributed by atoms with Gasteiger partial charge in [0.15, 0.2) is 0 Å². The summed E-state index contributed by atoms with van der Waals surface area (Å²) in [6, 6.07) is 0. The average Bonchev–Trinajstić information content (AvgIpc) is 2.98. The molecule has 0 atom stereocenters. The SMILES string of the molecule is CC(C)(C)c1nc2c(c(-c3nccs3)n1)CCN(C(=O)O)C2. The van der Waals surface area contributed by atoms with E-state index in [9.17, 15) is 9.90 Å². The summed E-state index contributed by atoms with van der Waals surface area (Å²) in [5.74, 6) is 0.726. The van der Waals surface area contributed by atoms with Crippen LogP contribution in [0.15, 0.2) is 11.6 Å². The Morgan fingerprint density at radius 2 is 2.14 bits per heavy atom. The summed E-state index contributed by atoms with van der Waals surface area (Å²) in [5.41, 5.74) is 2.49. The largest absolute Gasteiger partial charge is 0.465 e. The minimum atomic E-state index is -0.905. The molecule has 3 rings (SSSR count). The number of hydrogen-bond acceptors (Lipinski definition) is 5. The van der Waals surface area contributed by atoms with E-state index in [0.29, 0.717) is 19.5 Å². The van der Waals surface area contributed by atoms with Crippen molar-refractivity contribution in [2.75, 3.05) is 6.54 Å². The highest BCUT2D eigenvalue weighted by Crippen LogP contribution is 2.31. The van der Waals surface area contributed by atoms with Gasteiger partial charge in [-0.1, -0.05) is 20.8 Å². The van der Waals surface area contributed by atoms with Gasteiger partial charge < -0.3 is 10.0 Å². The van der Waals surface area contributed by atoms with Gasteiger partial charge >= 0.3 is 6.09 Å². The molecule has 1 aliphatic rings. The van der Waals surface area contributed by atoms with E-state index in [1.54, 1.807) is 17.5 Å². The molecule has 1 aliphatic heterocycles. The van der Waals surface area contributed by atoms with Crippen molar-refractivity contribution >= 4 is 17.4 Å². The van der Waals surface area contributed by atoms with Gasteiger partial charge in [-0.25, -0.2) is 19.7 Å². The van der Waals surface area contributed by atoms with Crippen molar-refractivity contribution in [1.82, 2.24) is 19.9 Å². The van der Waals surface area contributed by atoms with Crippen molar-refractivity contribution in [2.45, 2.75) is 39.2 Å². The Hall–Kier alpha value is -2.02. The molecule has 0 unspecified atom stereocenters. The van der Waals surface area contributed by atoms with Crippen LogP contribution >= 0.6 is 11.3 Å². The maximum atomic E-state index is 11.2. The molecule has 2 aromatic heterocycles. The maximum absolute atomic E-state index is 11.2. The van der Waals surface area contributed by atoms with Gasteiger partial charge in [-0.05, 0) is 6.42 Å². The Kier molecular flexibility index (Phi) is 3.60. The smallest absolute Gasteiger partial charge is 0.407 e. The van der Waals surface area contributed by atoms with Gasteiger partial charge in [0, 0.05) is 29.1 Å². The van der Waals surface area contributed by atoms with Gasteiger partial charge in [0.2, 0.25) is 0 Å². The lowest BCUT2D eigenvalue weighted by Crippen LogP contribution is -2.36. The molecule has 7 heteroatoms. The van der Waals surface area contributed by atoms with Crippen LogP contribution in [-0.4, -0.2) is 37.6 Å². The molecule has 0 aromatic carbocycles. The van der Waals surface area contributed by atoms with E-state index in [1.165, 1.54) is 4.90 Å². The van der Waals surface area contributed by atoms with Crippen molar-refractivity contribution in [3.63, 3.8) is 0 Å². The van der Waals surface area contributed by atoms with Gasteiger partial charge in [0.25, 0.3) is 0 Å². The summed E-state index contributed by atoms with van der Waals surface area (Å²) >= 11 is 1.54. The number of aromatic nitrogens is 3. The number of fused-ring (bicyclic) bond motifs is 1. The summed E-state index contributed by atoms with van der Waals surface area (Å²) in [7, 11) is 0. The second-order valence-electron chi connectivity index (χ2n) is 6.36. The molecule has 0 saturated heterocycles. The van der Waals surface area contributed by atoms with Crippen molar-refractivity contribution < 1.29 is 9.90 Å². The molecule has 1 N–H and O–H groups in total. The Bertz CT molecular complexity index is 707. The summed E-state index contributed by atoms with van der Waals surface area (Å²) in [5, 5.41) is 12.0. The first kappa shape index (κ1) is 14.9. The van der Waals surface area contributed by atoms with E-state index in [0.717, 1.165) is 27.8 Å².